The SMILES string of the molecule is Cn1c2ccccc2c2ccc(N(c3ccccc3)c3ccc4c(c3)C3(c5ccccc5-4)c4ccccc4-c4cc(-c5ccccc5)c(N(c5ccccc5)c5ccccc5)cc43)cc21. The van der Waals surface area contributed by atoms with Gasteiger partial charge >= 0.3 is 0 Å². The van der Waals surface area contributed by atoms with Crippen LogP contribution in [0.4, 0.5) is 34.1 Å². The first-order valence-corrected chi connectivity index (χ1v) is 22.5. The Balaban J connectivity index is 1.10. The first kappa shape index (κ1) is 37.2. The Morgan fingerprint density at radius 1 is 0.308 bits per heavy atom. The average molecular weight is 830 g/mol. The summed E-state index contributed by atoms with van der Waals surface area (Å²) in [6.07, 6.45) is 0. The zero-order chi connectivity index (χ0) is 43.1. The molecular formula is C62H43N3. The predicted molar refractivity (Wildman–Crippen MR) is 272 cm³/mol. The predicted octanol–water partition coefficient (Wildman–Crippen LogP) is 16.3. The fourth-order valence-corrected chi connectivity index (χ4v) is 11.2. The van der Waals surface area contributed by atoms with Gasteiger partial charge < -0.3 is 14.4 Å². The molecular weight excluding hydrogens is 787 g/mol. The lowest BCUT2D eigenvalue weighted by molar-refractivity contribution is 0.793. The van der Waals surface area contributed by atoms with Crippen molar-refractivity contribution in [3.05, 3.63) is 265 Å². The second kappa shape index (κ2) is 14.6. The number of hydrogen-bond acceptors (Lipinski definition) is 2. The molecule has 2 aliphatic rings. The van der Waals surface area contributed by atoms with Crippen molar-refractivity contribution in [1.82, 2.24) is 4.57 Å². The van der Waals surface area contributed by atoms with E-state index in [1.807, 2.05) is 0 Å². The molecule has 306 valence electrons. The Morgan fingerprint density at radius 3 is 1.45 bits per heavy atom. The van der Waals surface area contributed by atoms with Gasteiger partial charge in [-0.1, -0.05) is 164 Å². The fraction of sp³-hybridized carbons (Fsp3) is 0.0323. The summed E-state index contributed by atoms with van der Waals surface area (Å²) in [5.74, 6) is 0. The first-order valence-electron chi connectivity index (χ1n) is 22.5. The number of hydrogen-bond donors (Lipinski definition) is 0. The van der Waals surface area contributed by atoms with E-state index in [1.165, 1.54) is 77.4 Å². The summed E-state index contributed by atoms with van der Waals surface area (Å²) in [5.41, 5.74) is 21.2. The number of benzene rings is 10. The van der Waals surface area contributed by atoms with Gasteiger partial charge in [-0.05, 0) is 129 Å². The number of para-hydroxylation sites is 4. The van der Waals surface area contributed by atoms with Gasteiger partial charge in [-0.25, -0.2) is 0 Å². The van der Waals surface area contributed by atoms with Gasteiger partial charge in [0.1, 0.15) is 0 Å². The summed E-state index contributed by atoms with van der Waals surface area (Å²) >= 11 is 0. The second-order valence-electron chi connectivity index (χ2n) is 17.3. The molecule has 11 aromatic rings. The van der Waals surface area contributed by atoms with E-state index in [0.717, 1.165) is 34.1 Å². The molecule has 0 bridgehead atoms. The number of anilines is 6. The second-order valence-corrected chi connectivity index (χ2v) is 17.3. The molecule has 0 fully saturated rings. The number of aromatic nitrogens is 1. The van der Waals surface area contributed by atoms with Crippen LogP contribution in [0.1, 0.15) is 22.3 Å². The van der Waals surface area contributed by atoms with Crippen LogP contribution in [0.25, 0.3) is 55.2 Å². The zero-order valence-corrected chi connectivity index (χ0v) is 35.9. The normalized spacial score (nSPS) is 14.3. The third-order valence-corrected chi connectivity index (χ3v) is 14.0. The molecule has 3 heteroatoms. The minimum atomic E-state index is -0.598. The average Bonchev–Trinajstić information content (AvgIpc) is 3.95. The Bertz CT molecular complexity index is 3570. The standard InChI is InChI=1S/C62H43N3/c1-63-59-33-19-16-30-51(59)52-37-35-47(39-60(52)63)64(43-22-8-3-9-23-43)46-34-36-50-48-28-14-17-31-55(48)62(57(50)38-46)56-32-18-15-29-49(56)54-40-53(42-20-6-2-7-21-42)61(41-58(54)62)65(44-24-10-4-11-25-44)45-26-12-5-13-27-45/h2-41H,1H3. The molecule has 65 heavy (non-hydrogen) atoms. The fourth-order valence-electron chi connectivity index (χ4n) is 11.2. The van der Waals surface area contributed by atoms with Crippen molar-refractivity contribution in [2.75, 3.05) is 9.80 Å². The van der Waals surface area contributed by atoms with Crippen LogP contribution >= 0.6 is 0 Å². The van der Waals surface area contributed by atoms with Gasteiger partial charge in [-0.2, -0.15) is 0 Å². The highest BCUT2D eigenvalue weighted by atomic mass is 15.2. The molecule has 2 aliphatic carbocycles. The summed E-state index contributed by atoms with van der Waals surface area (Å²) in [6, 6.07) is 89.5. The monoisotopic (exact) mass is 829 g/mol. The van der Waals surface area contributed by atoms with Crippen LogP contribution in [-0.4, -0.2) is 4.57 Å². The van der Waals surface area contributed by atoms with Crippen molar-refractivity contribution < 1.29 is 0 Å². The van der Waals surface area contributed by atoms with E-state index in [9.17, 15) is 0 Å². The van der Waals surface area contributed by atoms with Gasteiger partial charge in [0.05, 0.1) is 16.6 Å². The number of nitrogens with zero attached hydrogens (tertiary/aromatic N) is 3. The summed E-state index contributed by atoms with van der Waals surface area (Å²) < 4.78 is 2.33. The highest BCUT2D eigenvalue weighted by Crippen LogP contribution is 2.65. The third-order valence-electron chi connectivity index (χ3n) is 14.0. The van der Waals surface area contributed by atoms with E-state index < -0.39 is 5.41 Å². The highest BCUT2D eigenvalue weighted by Gasteiger charge is 2.52. The van der Waals surface area contributed by atoms with Crippen molar-refractivity contribution in [1.29, 1.82) is 0 Å². The molecule has 1 aromatic heterocycles. The summed E-state index contributed by atoms with van der Waals surface area (Å²) in [6.45, 7) is 0. The van der Waals surface area contributed by atoms with Crippen molar-refractivity contribution in [3.8, 4) is 33.4 Å². The molecule has 1 atom stereocenters. The lowest BCUT2D eigenvalue weighted by Gasteiger charge is -2.34. The van der Waals surface area contributed by atoms with Gasteiger partial charge in [-0.3, -0.25) is 0 Å². The lowest BCUT2D eigenvalue weighted by Crippen LogP contribution is -2.26. The molecule has 10 aromatic carbocycles. The van der Waals surface area contributed by atoms with Crippen LogP contribution < -0.4 is 9.80 Å². The molecule has 13 rings (SSSR count). The maximum atomic E-state index is 2.53. The molecule has 1 spiro atoms. The molecule has 0 aliphatic heterocycles. The smallest absolute Gasteiger partial charge is 0.0727 e. The Kier molecular flexibility index (Phi) is 8.34. The minimum absolute atomic E-state index is 0.598. The molecule has 0 saturated carbocycles. The van der Waals surface area contributed by atoms with Crippen molar-refractivity contribution in [2.45, 2.75) is 5.41 Å². The van der Waals surface area contributed by atoms with Gasteiger partial charge in [-0.15, -0.1) is 0 Å². The quantitative estimate of drug-likeness (QED) is 0.159. The molecule has 0 amide bonds. The van der Waals surface area contributed by atoms with Crippen LogP contribution in [0.3, 0.4) is 0 Å². The van der Waals surface area contributed by atoms with E-state index >= 15 is 0 Å². The molecule has 1 unspecified atom stereocenters. The summed E-state index contributed by atoms with van der Waals surface area (Å²) in [7, 11) is 2.18. The lowest BCUT2D eigenvalue weighted by atomic mass is 9.70. The first-order chi connectivity index (χ1) is 32.2. The van der Waals surface area contributed by atoms with Gasteiger partial charge in [0.15, 0.2) is 0 Å². The molecule has 0 N–H and O–H groups in total. The number of fused-ring (bicyclic) bond motifs is 13. The minimum Gasteiger partial charge on any atom is -0.344 e. The maximum absolute atomic E-state index is 2.53. The molecule has 1 heterocycles. The van der Waals surface area contributed by atoms with Crippen LogP contribution in [0.5, 0.6) is 0 Å². The molecule has 3 nitrogen and oxygen atoms in total. The van der Waals surface area contributed by atoms with E-state index in [1.54, 1.807) is 0 Å². The highest BCUT2D eigenvalue weighted by molar-refractivity contribution is 6.09. The van der Waals surface area contributed by atoms with E-state index in [2.05, 4.69) is 264 Å². The van der Waals surface area contributed by atoms with Crippen LogP contribution in [-0.2, 0) is 12.5 Å². The molecule has 0 saturated heterocycles. The van der Waals surface area contributed by atoms with Crippen LogP contribution in [0.2, 0.25) is 0 Å². The number of rotatable bonds is 7. The Morgan fingerprint density at radius 2 is 0.785 bits per heavy atom. The van der Waals surface area contributed by atoms with Crippen molar-refractivity contribution in [3.63, 3.8) is 0 Å². The van der Waals surface area contributed by atoms with Crippen LogP contribution in [0, 0.1) is 0 Å². The number of aryl methyl sites for hydroxylation is 1. The van der Waals surface area contributed by atoms with E-state index in [-0.39, 0.29) is 0 Å². The Hall–Kier alpha value is -8.40. The Labute approximate surface area is 379 Å². The zero-order valence-electron chi connectivity index (χ0n) is 35.9. The van der Waals surface area contributed by atoms with E-state index in [4.69, 9.17) is 0 Å². The topological polar surface area (TPSA) is 11.4 Å². The maximum Gasteiger partial charge on any atom is 0.0727 e. The van der Waals surface area contributed by atoms with Crippen molar-refractivity contribution in [2.24, 2.45) is 7.05 Å². The van der Waals surface area contributed by atoms with Gasteiger partial charge in [0.2, 0.25) is 0 Å². The third kappa shape index (κ3) is 5.49. The van der Waals surface area contributed by atoms with E-state index in [0.29, 0.717) is 0 Å². The summed E-state index contributed by atoms with van der Waals surface area (Å²) in [5, 5.41) is 2.53. The summed E-state index contributed by atoms with van der Waals surface area (Å²) in [4.78, 5) is 4.88. The van der Waals surface area contributed by atoms with Crippen molar-refractivity contribution >= 4 is 55.9 Å². The molecule has 0 radical (unpaired) electrons. The largest absolute Gasteiger partial charge is 0.344 e. The van der Waals surface area contributed by atoms with Crippen LogP contribution in [0.15, 0.2) is 243 Å². The van der Waals surface area contributed by atoms with Gasteiger partial charge in [0, 0.05) is 57.3 Å². The van der Waals surface area contributed by atoms with Gasteiger partial charge in [0.25, 0.3) is 0 Å².